The second kappa shape index (κ2) is 4.11. The molecule has 2 aliphatic rings. The van der Waals surface area contributed by atoms with Crippen LogP contribution in [0.25, 0.3) is 0 Å². The molecule has 3 rings (SSSR count). The third-order valence-electron chi connectivity index (χ3n) is 3.76. The Bertz CT molecular complexity index is 390. The number of nitrogens with zero attached hydrogens (tertiary/aromatic N) is 1. The van der Waals surface area contributed by atoms with Crippen molar-refractivity contribution >= 4 is 11.3 Å². The first-order valence-electron chi connectivity index (χ1n) is 5.88. The number of rotatable bonds is 1. The van der Waals surface area contributed by atoms with E-state index in [1.807, 2.05) is 11.3 Å². The van der Waals surface area contributed by atoms with Gasteiger partial charge in [-0.1, -0.05) is 0 Å². The molecule has 0 bridgehead atoms. The molecule has 2 N–H and O–H groups in total. The predicted molar refractivity (Wildman–Crippen MR) is 65.4 cm³/mol. The highest BCUT2D eigenvalue weighted by Crippen LogP contribution is 2.38. The quantitative estimate of drug-likeness (QED) is 0.812. The van der Waals surface area contributed by atoms with E-state index in [-0.39, 0.29) is 0 Å². The zero-order valence-electron chi connectivity index (χ0n) is 9.61. The van der Waals surface area contributed by atoms with Crippen LogP contribution in [0.2, 0.25) is 0 Å². The molecule has 4 heteroatoms. The fraction of sp³-hybridized carbons (Fsp3) is 0.667. The lowest BCUT2D eigenvalue weighted by atomic mass is 9.92. The van der Waals surface area contributed by atoms with Gasteiger partial charge in [-0.3, -0.25) is 4.90 Å². The summed E-state index contributed by atoms with van der Waals surface area (Å²) in [6, 6.07) is 0.865. The van der Waals surface area contributed by atoms with E-state index in [1.54, 1.807) is 0 Å². The van der Waals surface area contributed by atoms with E-state index in [0.717, 1.165) is 32.6 Å². The van der Waals surface area contributed by atoms with Gasteiger partial charge in [0.2, 0.25) is 0 Å². The molecule has 2 atom stereocenters. The molecule has 1 aromatic rings. The van der Waals surface area contributed by atoms with Crippen LogP contribution < -0.4 is 5.73 Å². The van der Waals surface area contributed by atoms with Crippen LogP contribution in [0.5, 0.6) is 0 Å². The zero-order chi connectivity index (χ0) is 11.1. The highest BCUT2D eigenvalue weighted by atomic mass is 32.1. The second-order valence-electron chi connectivity index (χ2n) is 4.87. The molecule has 1 aromatic heterocycles. The summed E-state index contributed by atoms with van der Waals surface area (Å²) in [5.41, 5.74) is 8.99. The van der Waals surface area contributed by atoms with Crippen molar-refractivity contribution in [3.05, 3.63) is 21.4 Å². The van der Waals surface area contributed by atoms with Crippen LogP contribution in [-0.4, -0.2) is 24.5 Å². The predicted octanol–water partition coefficient (Wildman–Crippen LogP) is 1.87. The summed E-state index contributed by atoms with van der Waals surface area (Å²) in [4.78, 5) is 3.85. The number of hydrogen-bond donors (Lipinski definition) is 1. The van der Waals surface area contributed by atoms with Crippen LogP contribution in [-0.2, 0) is 18.0 Å². The molecule has 0 amide bonds. The molecule has 88 valence electrons. The van der Waals surface area contributed by atoms with E-state index in [2.05, 4.69) is 17.3 Å². The highest BCUT2D eigenvalue weighted by Gasteiger charge is 2.30. The standard InChI is InChI=1S/C12H18N2OS/c1-14-3-2-8(13)4-11(14)10-7-16-12-6-15-5-9(10)12/h7-8,11H,2-6,13H2,1H3. The molecule has 0 aliphatic carbocycles. The van der Waals surface area contributed by atoms with E-state index >= 15 is 0 Å². The summed E-state index contributed by atoms with van der Waals surface area (Å²) >= 11 is 1.84. The normalized spacial score (nSPS) is 30.6. The van der Waals surface area contributed by atoms with E-state index < -0.39 is 0 Å². The molecule has 3 heterocycles. The maximum atomic E-state index is 6.08. The summed E-state index contributed by atoms with van der Waals surface area (Å²) in [7, 11) is 2.20. The molecule has 0 aromatic carbocycles. The summed E-state index contributed by atoms with van der Waals surface area (Å²) in [6.45, 7) is 2.72. The number of piperidine rings is 1. The summed E-state index contributed by atoms with van der Waals surface area (Å²) in [6.07, 6.45) is 2.20. The molecular formula is C12H18N2OS. The Kier molecular flexibility index (Phi) is 2.75. The lowest BCUT2D eigenvalue weighted by Gasteiger charge is -2.36. The topological polar surface area (TPSA) is 38.5 Å². The van der Waals surface area contributed by atoms with Gasteiger partial charge in [0, 0.05) is 17.0 Å². The van der Waals surface area contributed by atoms with E-state index in [4.69, 9.17) is 10.5 Å². The van der Waals surface area contributed by atoms with Crippen molar-refractivity contribution in [2.45, 2.75) is 38.1 Å². The van der Waals surface area contributed by atoms with Gasteiger partial charge < -0.3 is 10.5 Å². The first kappa shape index (κ1) is 10.7. The van der Waals surface area contributed by atoms with Gasteiger partial charge in [0.15, 0.2) is 0 Å². The Morgan fingerprint density at radius 2 is 2.38 bits per heavy atom. The average Bonchev–Trinajstić information content (AvgIpc) is 2.83. The molecular weight excluding hydrogens is 220 g/mol. The minimum absolute atomic E-state index is 0.360. The highest BCUT2D eigenvalue weighted by molar-refractivity contribution is 7.10. The third kappa shape index (κ3) is 1.70. The Morgan fingerprint density at radius 3 is 3.25 bits per heavy atom. The van der Waals surface area contributed by atoms with Crippen molar-refractivity contribution in [2.75, 3.05) is 13.6 Å². The average molecular weight is 238 g/mol. The Morgan fingerprint density at radius 1 is 1.50 bits per heavy atom. The maximum absolute atomic E-state index is 6.08. The van der Waals surface area contributed by atoms with Gasteiger partial charge in [0.25, 0.3) is 0 Å². The maximum Gasteiger partial charge on any atom is 0.0817 e. The number of nitrogens with two attached hydrogens (primary N) is 1. The lowest BCUT2D eigenvalue weighted by molar-refractivity contribution is 0.132. The molecule has 1 saturated heterocycles. The van der Waals surface area contributed by atoms with Gasteiger partial charge in [-0.15, -0.1) is 11.3 Å². The molecule has 0 radical (unpaired) electrons. The Labute approximate surface area is 100 Å². The monoisotopic (exact) mass is 238 g/mol. The van der Waals surface area contributed by atoms with Gasteiger partial charge in [-0.05, 0) is 42.9 Å². The fourth-order valence-corrected chi connectivity index (χ4v) is 3.76. The molecule has 0 spiro atoms. The summed E-state index contributed by atoms with van der Waals surface area (Å²) in [5.74, 6) is 0. The molecule has 16 heavy (non-hydrogen) atoms. The van der Waals surface area contributed by atoms with Gasteiger partial charge in [-0.2, -0.15) is 0 Å². The fourth-order valence-electron chi connectivity index (χ4n) is 2.72. The Hall–Kier alpha value is -0.420. The van der Waals surface area contributed by atoms with Crippen LogP contribution in [0, 0.1) is 0 Å². The van der Waals surface area contributed by atoms with Crippen LogP contribution in [0.4, 0.5) is 0 Å². The van der Waals surface area contributed by atoms with Crippen molar-refractivity contribution in [2.24, 2.45) is 5.73 Å². The van der Waals surface area contributed by atoms with Gasteiger partial charge in [0.1, 0.15) is 0 Å². The number of hydrogen-bond acceptors (Lipinski definition) is 4. The van der Waals surface area contributed by atoms with Gasteiger partial charge in [-0.25, -0.2) is 0 Å². The first-order chi connectivity index (χ1) is 7.75. The summed E-state index contributed by atoms with van der Waals surface area (Å²) < 4.78 is 5.51. The lowest BCUT2D eigenvalue weighted by Crippen LogP contribution is -2.40. The molecule has 2 aliphatic heterocycles. The van der Waals surface area contributed by atoms with Crippen molar-refractivity contribution in [3.63, 3.8) is 0 Å². The number of fused-ring (bicyclic) bond motifs is 1. The largest absolute Gasteiger partial charge is 0.371 e. The minimum Gasteiger partial charge on any atom is -0.371 e. The summed E-state index contributed by atoms with van der Waals surface area (Å²) in [5, 5.41) is 2.31. The number of likely N-dealkylation sites (tertiary alicyclic amines) is 1. The van der Waals surface area contributed by atoms with E-state index in [9.17, 15) is 0 Å². The first-order valence-corrected chi connectivity index (χ1v) is 6.76. The SMILES string of the molecule is CN1CCC(N)CC1c1csc2c1COC2. The van der Waals surface area contributed by atoms with Crippen molar-refractivity contribution < 1.29 is 4.74 Å². The molecule has 0 saturated carbocycles. The zero-order valence-corrected chi connectivity index (χ0v) is 10.4. The Balaban J connectivity index is 1.90. The molecule has 3 nitrogen and oxygen atoms in total. The number of thiophene rings is 1. The molecule has 1 fully saturated rings. The van der Waals surface area contributed by atoms with Gasteiger partial charge >= 0.3 is 0 Å². The van der Waals surface area contributed by atoms with Crippen molar-refractivity contribution in [3.8, 4) is 0 Å². The smallest absolute Gasteiger partial charge is 0.0817 e. The molecule has 2 unspecified atom stereocenters. The van der Waals surface area contributed by atoms with E-state index in [1.165, 1.54) is 16.0 Å². The van der Waals surface area contributed by atoms with Crippen molar-refractivity contribution in [1.82, 2.24) is 4.90 Å². The minimum atomic E-state index is 0.360. The van der Waals surface area contributed by atoms with Crippen LogP contribution in [0.3, 0.4) is 0 Å². The van der Waals surface area contributed by atoms with Crippen LogP contribution in [0.15, 0.2) is 5.38 Å². The van der Waals surface area contributed by atoms with Gasteiger partial charge in [0.05, 0.1) is 13.2 Å². The second-order valence-corrected chi connectivity index (χ2v) is 5.83. The van der Waals surface area contributed by atoms with Crippen LogP contribution >= 0.6 is 11.3 Å². The van der Waals surface area contributed by atoms with E-state index in [0.29, 0.717) is 12.1 Å². The number of ether oxygens (including phenoxy) is 1. The van der Waals surface area contributed by atoms with Crippen LogP contribution in [0.1, 0.15) is 34.9 Å². The third-order valence-corrected chi connectivity index (χ3v) is 4.78. The van der Waals surface area contributed by atoms with Crippen molar-refractivity contribution in [1.29, 1.82) is 0 Å².